The van der Waals surface area contributed by atoms with Gasteiger partial charge in [0.1, 0.15) is 0 Å². The molecule has 0 amide bonds. The molecule has 0 saturated heterocycles. The Hall–Kier alpha value is -0.500. The minimum Gasteiger partial charge on any atom is -0.319 e. The van der Waals surface area contributed by atoms with Gasteiger partial charge in [0, 0.05) is 18.2 Å². The van der Waals surface area contributed by atoms with Gasteiger partial charge in [0.2, 0.25) is 5.28 Å². The first-order valence-electron chi connectivity index (χ1n) is 5.04. The fourth-order valence-electron chi connectivity index (χ4n) is 2.23. The van der Waals surface area contributed by atoms with Crippen LogP contribution in [0.4, 0.5) is 0 Å². The molecule has 1 heterocycles. The zero-order chi connectivity index (χ0) is 9.26. The monoisotopic (exact) mass is 198 g/mol. The van der Waals surface area contributed by atoms with E-state index in [0.29, 0.717) is 11.2 Å². The van der Waals surface area contributed by atoms with E-state index in [1.54, 1.807) is 0 Å². The van der Waals surface area contributed by atoms with Crippen LogP contribution in [0.5, 0.6) is 0 Å². The van der Waals surface area contributed by atoms with Crippen LogP contribution in [-0.4, -0.2) is 9.55 Å². The molecule has 1 aromatic heterocycles. The third-order valence-electron chi connectivity index (χ3n) is 2.93. The van der Waals surface area contributed by atoms with Crippen molar-refractivity contribution in [1.29, 1.82) is 0 Å². The van der Waals surface area contributed by atoms with Crippen molar-refractivity contribution in [2.75, 3.05) is 0 Å². The average molecular weight is 199 g/mol. The van der Waals surface area contributed by atoms with Gasteiger partial charge in [0.15, 0.2) is 0 Å². The first-order chi connectivity index (χ1) is 6.33. The Bertz CT molecular complexity index is 287. The summed E-state index contributed by atoms with van der Waals surface area (Å²) in [5, 5.41) is 0.643. The van der Waals surface area contributed by atoms with E-state index in [4.69, 9.17) is 11.6 Å². The Labute approximate surface area is 83.9 Å². The molecule has 2 nitrogen and oxygen atoms in total. The second-order valence-electron chi connectivity index (χ2n) is 3.68. The molecule has 2 rings (SSSR count). The lowest BCUT2D eigenvalue weighted by atomic mass is 10.1. The van der Waals surface area contributed by atoms with Crippen molar-refractivity contribution in [3.63, 3.8) is 0 Å². The fraction of sp³-hybridized carbons (Fsp3) is 0.700. The normalized spacial score (nSPS) is 18.3. The topological polar surface area (TPSA) is 17.8 Å². The number of rotatable bonds is 2. The van der Waals surface area contributed by atoms with Crippen molar-refractivity contribution >= 4 is 11.6 Å². The third kappa shape index (κ3) is 1.60. The van der Waals surface area contributed by atoms with Gasteiger partial charge in [-0.15, -0.1) is 0 Å². The summed E-state index contributed by atoms with van der Waals surface area (Å²) in [6.45, 7) is 3.05. The first kappa shape index (κ1) is 9.07. The van der Waals surface area contributed by atoms with Gasteiger partial charge in [0.05, 0.1) is 6.20 Å². The predicted octanol–water partition coefficient (Wildman–Crippen LogP) is 3.21. The summed E-state index contributed by atoms with van der Waals surface area (Å²) in [7, 11) is 0. The predicted molar refractivity (Wildman–Crippen MR) is 54.1 cm³/mol. The van der Waals surface area contributed by atoms with Crippen molar-refractivity contribution in [2.24, 2.45) is 0 Å². The summed E-state index contributed by atoms with van der Waals surface area (Å²) in [4.78, 5) is 4.16. The van der Waals surface area contributed by atoms with Gasteiger partial charge in [-0.2, -0.15) is 0 Å². The van der Waals surface area contributed by atoms with Gasteiger partial charge >= 0.3 is 0 Å². The van der Waals surface area contributed by atoms with Crippen molar-refractivity contribution in [3.8, 4) is 0 Å². The molecule has 1 aromatic rings. The molecule has 1 fully saturated rings. The maximum absolute atomic E-state index is 5.98. The Morgan fingerprint density at radius 1 is 1.54 bits per heavy atom. The van der Waals surface area contributed by atoms with Gasteiger partial charge < -0.3 is 4.57 Å². The van der Waals surface area contributed by atoms with E-state index in [2.05, 4.69) is 16.5 Å². The standard InChI is InChI=1S/C10H15ClN2/c1-2-13-9(7-12-10(13)11)8-5-3-4-6-8/h7-8H,2-6H2,1H3. The zero-order valence-electron chi connectivity index (χ0n) is 7.96. The van der Waals surface area contributed by atoms with Crippen molar-refractivity contribution in [1.82, 2.24) is 9.55 Å². The number of nitrogens with zero attached hydrogens (tertiary/aromatic N) is 2. The molecule has 1 aliphatic carbocycles. The molecular formula is C10H15ClN2. The van der Waals surface area contributed by atoms with Crippen LogP contribution in [0.3, 0.4) is 0 Å². The SMILES string of the molecule is CCn1c(C2CCCC2)cnc1Cl. The van der Waals surface area contributed by atoms with E-state index in [9.17, 15) is 0 Å². The van der Waals surface area contributed by atoms with Gasteiger partial charge in [-0.1, -0.05) is 12.8 Å². The molecule has 0 atom stereocenters. The average Bonchev–Trinajstić information content (AvgIpc) is 2.71. The van der Waals surface area contributed by atoms with E-state index in [0.717, 1.165) is 6.54 Å². The summed E-state index contributed by atoms with van der Waals surface area (Å²) in [6.07, 6.45) is 7.28. The number of aromatic nitrogens is 2. The lowest BCUT2D eigenvalue weighted by Crippen LogP contribution is -2.04. The van der Waals surface area contributed by atoms with Gasteiger partial charge in [-0.3, -0.25) is 0 Å². The molecule has 0 bridgehead atoms. The highest BCUT2D eigenvalue weighted by atomic mass is 35.5. The molecular weight excluding hydrogens is 184 g/mol. The molecule has 0 N–H and O–H groups in total. The summed E-state index contributed by atoms with van der Waals surface area (Å²) in [5.74, 6) is 0.708. The van der Waals surface area contributed by atoms with E-state index < -0.39 is 0 Å². The van der Waals surface area contributed by atoms with Crippen molar-refractivity contribution in [2.45, 2.75) is 45.1 Å². The summed E-state index contributed by atoms with van der Waals surface area (Å²) >= 11 is 5.98. The van der Waals surface area contributed by atoms with Crippen LogP contribution >= 0.6 is 11.6 Å². The lowest BCUT2D eigenvalue weighted by Gasteiger charge is -2.11. The van der Waals surface area contributed by atoms with Crippen LogP contribution in [0, 0.1) is 0 Å². The summed E-state index contributed by atoms with van der Waals surface area (Å²) in [6, 6.07) is 0. The highest BCUT2D eigenvalue weighted by molar-refractivity contribution is 6.28. The van der Waals surface area contributed by atoms with Crippen LogP contribution in [-0.2, 0) is 6.54 Å². The summed E-state index contributed by atoms with van der Waals surface area (Å²) in [5.41, 5.74) is 1.34. The second-order valence-corrected chi connectivity index (χ2v) is 4.02. The maximum atomic E-state index is 5.98. The third-order valence-corrected chi connectivity index (χ3v) is 3.23. The molecule has 1 aliphatic rings. The van der Waals surface area contributed by atoms with Crippen LogP contribution < -0.4 is 0 Å². The second kappa shape index (κ2) is 3.70. The Morgan fingerprint density at radius 3 is 2.85 bits per heavy atom. The van der Waals surface area contributed by atoms with E-state index in [1.165, 1.54) is 31.4 Å². The van der Waals surface area contributed by atoms with Crippen LogP contribution in [0.25, 0.3) is 0 Å². The molecule has 0 unspecified atom stereocenters. The van der Waals surface area contributed by atoms with Crippen molar-refractivity contribution < 1.29 is 0 Å². The molecule has 72 valence electrons. The number of hydrogen-bond donors (Lipinski definition) is 0. The Balaban J connectivity index is 2.27. The van der Waals surface area contributed by atoms with Crippen molar-refractivity contribution in [3.05, 3.63) is 17.2 Å². The molecule has 0 aromatic carbocycles. The lowest BCUT2D eigenvalue weighted by molar-refractivity contribution is 0.621. The first-order valence-corrected chi connectivity index (χ1v) is 5.41. The number of hydrogen-bond acceptors (Lipinski definition) is 1. The highest BCUT2D eigenvalue weighted by Crippen LogP contribution is 2.34. The highest BCUT2D eigenvalue weighted by Gasteiger charge is 2.21. The molecule has 3 heteroatoms. The molecule has 0 spiro atoms. The van der Waals surface area contributed by atoms with E-state index >= 15 is 0 Å². The Morgan fingerprint density at radius 2 is 2.23 bits per heavy atom. The van der Waals surface area contributed by atoms with Gasteiger partial charge in [-0.05, 0) is 31.4 Å². The minimum absolute atomic E-state index is 0.643. The zero-order valence-corrected chi connectivity index (χ0v) is 8.72. The van der Waals surface area contributed by atoms with Crippen LogP contribution in [0.2, 0.25) is 5.28 Å². The Kier molecular flexibility index (Phi) is 2.58. The van der Waals surface area contributed by atoms with E-state index in [1.807, 2.05) is 6.20 Å². The molecule has 0 aliphatic heterocycles. The molecule has 1 saturated carbocycles. The van der Waals surface area contributed by atoms with Crippen LogP contribution in [0.1, 0.15) is 44.2 Å². The van der Waals surface area contributed by atoms with Crippen LogP contribution in [0.15, 0.2) is 6.20 Å². The molecule has 13 heavy (non-hydrogen) atoms. The van der Waals surface area contributed by atoms with Gasteiger partial charge in [0.25, 0.3) is 0 Å². The quantitative estimate of drug-likeness (QED) is 0.714. The largest absolute Gasteiger partial charge is 0.319 e. The number of halogens is 1. The smallest absolute Gasteiger partial charge is 0.202 e. The van der Waals surface area contributed by atoms with Gasteiger partial charge in [-0.25, -0.2) is 4.98 Å². The fourth-order valence-corrected chi connectivity index (χ4v) is 2.49. The maximum Gasteiger partial charge on any atom is 0.202 e. The van der Waals surface area contributed by atoms with E-state index in [-0.39, 0.29) is 0 Å². The number of imidazole rings is 1. The minimum atomic E-state index is 0.643. The summed E-state index contributed by atoms with van der Waals surface area (Å²) < 4.78 is 2.12. The molecule has 0 radical (unpaired) electrons.